The van der Waals surface area contributed by atoms with Crippen molar-refractivity contribution in [3.63, 3.8) is 0 Å². The number of likely N-dealkylation sites (tertiary alicyclic amines) is 1. The van der Waals surface area contributed by atoms with E-state index in [0.29, 0.717) is 43.4 Å². The first-order valence-corrected chi connectivity index (χ1v) is 10.2. The van der Waals surface area contributed by atoms with Crippen LogP contribution >= 0.6 is 0 Å². The van der Waals surface area contributed by atoms with E-state index in [2.05, 4.69) is 0 Å². The molecule has 1 aromatic carbocycles. The van der Waals surface area contributed by atoms with Crippen molar-refractivity contribution in [1.29, 1.82) is 0 Å². The lowest BCUT2D eigenvalue weighted by molar-refractivity contribution is 0.0513. The first kappa shape index (κ1) is 21.2. The standard InChI is InChI=1S/C21H30N2O6/c1-27-11-4-12-29-19-13-15(6-9-18(19)28-2)20(24)23(16-7-8-16)17-5-3-10-22(14-17)21(25)26/h6,9,13,16-17H,3-5,7-8,10-12,14H2,1-2H3,(H,25,26). The number of hydrogen-bond acceptors (Lipinski definition) is 5. The maximum Gasteiger partial charge on any atom is 0.407 e. The summed E-state index contributed by atoms with van der Waals surface area (Å²) < 4.78 is 16.2. The molecule has 2 fully saturated rings. The van der Waals surface area contributed by atoms with Crippen LogP contribution in [0, 0.1) is 0 Å². The fourth-order valence-corrected chi connectivity index (χ4v) is 3.80. The number of carbonyl (C=O) groups excluding carboxylic acids is 1. The van der Waals surface area contributed by atoms with Crippen molar-refractivity contribution in [2.75, 3.05) is 40.5 Å². The Labute approximate surface area is 171 Å². The van der Waals surface area contributed by atoms with Gasteiger partial charge in [0.25, 0.3) is 5.91 Å². The zero-order valence-electron chi connectivity index (χ0n) is 17.1. The lowest BCUT2D eigenvalue weighted by Gasteiger charge is -2.38. The van der Waals surface area contributed by atoms with Crippen LogP contribution < -0.4 is 9.47 Å². The van der Waals surface area contributed by atoms with Crippen molar-refractivity contribution in [3.05, 3.63) is 23.8 Å². The molecule has 3 rings (SSSR count). The molecule has 1 aliphatic carbocycles. The summed E-state index contributed by atoms with van der Waals surface area (Å²) in [5.74, 6) is 1.03. The molecular weight excluding hydrogens is 376 g/mol. The first-order chi connectivity index (χ1) is 14.0. The van der Waals surface area contributed by atoms with Gasteiger partial charge in [0, 0.05) is 44.8 Å². The number of nitrogens with zero attached hydrogens (tertiary/aromatic N) is 2. The zero-order valence-corrected chi connectivity index (χ0v) is 17.1. The third-order valence-electron chi connectivity index (χ3n) is 5.40. The summed E-state index contributed by atoms with van der Waals surface area (Å²) in [4.78, 5) is 28.1. The Morgan fingerprint density at radius 1 is 1.14 bits per heavy atom. The second-order valence-electron chi connectivity index (χ2n) is 7.53. The average Bonchev–Trinajstić information content (AvgIpc) is 3.56. The highest BCUT2D eigenvalue weighted by Gasteiger charge is 2.40. The van der Waals surface area contributed by atoms with Crippen molar-refractivity contribution >= 4 is 12.0 Å². The fraction of sp³-hybridized carbons (Fsp3) is 0.619. The van der Waals surface area contributed by atoms with Gasteiger partial charge in [-0.3, -0.25) is 4.79 Å². The van der Waals surface area contributed by atoms with E-state index >= 15 is 0 Å². The maximum absolute atomic E-state index is 13.4. The number of amides is 2. The number of hydrogen-bond donors (Lipinski definition) is 1. The third-order valence-corrected chi connectivity index (χ3v) is 5.40. The van der Waals surface area contributed by atoms with E-state index in [9.17, 15) is 14.7 Å². The topological polar surface area (TPSA) is 88.5 Å². The zero-order chi connectivity index (χ0) is 20.8. The van der Waals surface area contributed by atoms with E-state index < -0.39 is 6.09 Å². The Bertz CT molecular complexity index is 721. The quantitative estimate of drug-likeness (QED) is 0.635. The van der Waals surface area contributed by atoms with Gasteiger partial charge in [0.2, 0.25) is 0 Å². The molecule has 0 radical (unpaired) electrons. The lowest BCUT2D eigenvalue weighted by atomic mass is 10.0. The number of methoxy groups -OCH3 is 2. The van der Waals surface area contributed by atoms with E-state index in [0.717, 1.165) is 32.1 Å². The number of ether oxygens (including phenoxy) is 3. The SMILES string of the molecule is COCCCOc1cc(C(=O)N(C2CC2)C2CCCN(C(=O)O)C2)ccc1OC. The van der Waals surface area contributed by atoms with Gasteiger partial charge in [-0.1, -0.05) is 0 Å². The Morgan fingerprint density at radius 3 is 2.59 bits per heavy atom. The molecule has 0 spiro atoms. The minimum Gasteiger partial charge on any atom is -0.493 e. The molecule has 1 atom stereocenters. The number of piperidine rings is 1. The summed E-state index contributed by atoms with van der Waals surface area (Å²) in [7, 11) is 3.21. The van der Waals surface area contributed by atoms with Crippen LogP contribution in [0.25, 0.3) is 0 Å². The molecule has 1 saturated heterocycles. The fourth-order valence-electron chi connectivity index (χ4n) is 3.80. The lowest BCUT2D eigenvalue weighted by Crippen LogP contribution is -2.52. The molecule has 160 valence electrons. The summed E-state index contributed by atoms with van der Waals surface area (Å²) in [6, 6.07) is 5.31. The molecule has 2 amide bonds. The smallest absolute Gasteiger partial charge is 0.407 e. The average molecular weight is 406 g/mol. The second-order valence-corrected chi connectivity index (χ2v) is 7.53. The van der Waals surface area contributed by atoms with Gasteiger partial charge in [0.15, 0.2) is 11.5 Å². The minimum absolute atomic E-state index is 0.0749. The predicted molar refractivity (Wildman–Crippen MR) is 107 cm³/mol. The Hall–Kier alpha value is -2.48. The van der Waals surface area contributed by atoms with Crippen LogP contribution in [0.15, 0.2) is 18.2 Å². The highest BCUT2D eigenvalue weighted by atomic mass is 16.5. The molecule has 1 saturated carbocycles. The molecule has 2 aliphatic rings. The van der Waals surface area contributed by atoms with Crippen LogP contribution in [-0.4, -0.2) is 79.5 Å². The molecule has 1 aromatic rings. The molecule has 1 unspecified atom stereocenters. The van der Waals surface area contributed by atoms with Crippen LogP contribution in [0.2, 0.25) is 0 Å². The van der Waals surface area contributed by atoms with Gasteiger partial charge in [-0.25, -0.2) is 4.79 Å². The molecule has 29 heavy (non-hydrogen) atoms. The van der Waals surface area contributed by atoms with Crippen molar-refractivity contribution < 1.29 is 28.9 Å². The number of rotatable bonds is 9. The Morgan fingerprint density at radius 2 is 1.93 bits per heavy atom. The van der Waals surface area contributed by atoms with Crippen LogP contribution in [-0.2, 0) is 4.74 Å². The van der Waals surface area contributed by atoms with Crippen LogP contribution in [0.1, 0.15) is 42.5 Å². The Kier molecular flexibility index (Phi) is 7.19. The number of carbonyl (C=O) groups is 2. The normalized spacial score (nSPS) is 19.0. The highest BCUT2D eigenvalue weighted by Crippen LogP contribution is 2.35. The van der Waals surface area contributed by atoms with E-state index in [1.807, 2.05) is 4.90 Å². The van der Waals surface area contributed by atoms with Crippen molar-refractivity contribution in [2.24, 2.45) is 0 Å². The summed E-state index contributed by atoms with van der Waals surface area (Å²) in [6.45, 7) is 1.96. The molecule has 1 aliphatic heterocycles. The third kappa shape index (κ3) is 5.32. The molecular formula is C21H30N2O6. The molecule has 1 N–H and O–H groups in total. The predicted octanol–water partition coefficient (Wildman–Crippen LogP) is 2.86. The number of carboxylic acid groups (broad SMARTS) is 1. The number of benzene rings is 1. The van der Waals surface area contributed by atoms with Gasteiger partial charge in [-0.2, -0.15) is 0 Å². The van der Waals surface area contributed by atoms with E-state index in [-0.39, 0.29) is 18.0 Å². The highest BCUT2D eigenvalue weighted by molar-refractivity contribution is 5.95. The van der Waals surface area contributed by atoms with E-state index in [1.54, 1.807) is 32.4 Å². The monoisotopic (exact) mass is 406 g/mol. The summed E-state index contributed by atoms with van der Waals surface area (Å²) in [5.41, 5.74) is 0.534. The van der Waals surface area contributed by atoms with Crippen LogP contribution in [0.5, 0.6) is 11.5 Å². The summed E-state index contributed by atoms with van der Waals surface area (Å²) >= 11 is 0. The minimum atomic E-state index is -0.922. The van der Waals surface area contributed by atoms with Crippen LogP contribution in [0.4, 0.5) is 4.79 Å². The molecule has 0 bridgehead atoms. The molecule has 8 nitrogen and oxygen atoms in total. The largest absolute Gasteiger partial charge is 0.493 e. The van der Waals surface area contributed by atoms with E-state index in [4.69, 9.17) is 14.2 Å². The van der Waals surface area contributed by atoms with Gasteiger partial charge in [-0.05, 0) is 43.9 Å². The first-order valence-electron chi connectivity index (χ1n) is 10.2. The van der Waals surface area contributed by atoms with Gasteiger partial charge >= 0.3 is 6.09 Å². The van der Waals surface area contributed by atoms with Gasteiger partial charge in [-0.15, -0.1) is 0 Å². The van der Waals surface area contributed by atoms with E-state index in [1.165, 1.54) is 4.90 Å². The molecule has 8 heteroatoms. The van der Waals surface area contributed by atoms with Gasteiger partial charge in [0.05, 0.1) is 19.8 Å². The van der Waals surface area contributed by atoms with Crippen molar-refractivity contribution in [3.8, 4) is 11.5 Å². The van der Waals surface area contributed by atoms with Crippen molar-refractivity contribution in [1.82, 2.24) is 9.80 Å². The maximum atomic E-state index is 13.4. The van der Waals surface area contributed by atoms with Gasteiger partial charge < -0.3 is 29.1 Å². The summed E-state index contributed by atoms with van der Waals surface area (Å²) in [5, 5.41) is 9.35. The second kappa shape index (κ2) is 9.82. The summed E-state index contributed by atoms with van der Waals surface area (Å²) in [6.07, 6.45) is 3.33. The molecule has 1 heterocycles. The van der Waals surface area contributed by atoms with Crippen LogP contribution in [0.3, 0.4) is 0 Å². The Balaban J connectivity index is 1.76. The van der Waals surface area contributed by atoms with Gasteiger partial charge in [0.1, 0.15) is 0 Å². The molecule has 0 aromatic heterocycles. The van der Waals surface area contributed by atoms with Crippen molar-refractivity contribution in [2.45, 2.75) is 44.2 Å².